The number of hydrogen-bond donors (Lipinski definition) is 1. The summed E-state index contributed by atoms with van der Waals surface area (Å²) in [5.74, 6) is 0.823. The van der Waals surface area contributed by atoms with Gasteiger partial charge in [0.2, 0.25) is 0 Å². The highest BCUT2D eigenvalue weighted by Gasteiger charge is 2.22. The molecular weight excluding hydrogens is 188 g/mol. The molecule has 3 heteroatoms. The van der Waals surface area contributed by atoms with Crippen LogP contribution in [0.3, 0.4) is 0 Å². The van der Waals surface area contributed by atoms with Crippen LogP contribution in [0.5, 0.6) is 0 Å². The van der Waals surface area contributed by atoms with Crippen molar-refractivity contribution in [1.82, 2.24) is 10.2 Å². The standard InChI is InChI=1S/C12H24N2O/c1-2-11-3-4-12(15-10-11)9-14-7-5-13-6-8-14/h11-13H,2-10H2,1H3/t11-,12+/m1/s1. The molecule has 2 aliphatic rings. The summed E-state index contributed by atoms with van der Waals surface area (Å²) in [4.78, 5) is 2.54. The third-order valence-corrected chi connectivity index (χ3v) is 3.71. The van der Waals surface area contributed by atoms with Crippen molar-refractivity contribution in [1.29, 1.82) is 0 Å². The number of hydrogen-bond acceptors (Lipinski definition) is 3. The molecule has 2 rings (SSSR count). The van der Waals surface area contributed by atoms with Gasteiger partial charge in [-0.25, -0.2) is 0 Å². The molecule has 0 unspecified atom stereocenters. The van der Waals surface area contributed by atoms with E-state index in [9.17, 15) is 0 Å². The molecule has 0 aliphatic carbocycles. The molecule has 0 aromatic carbocycles. The number of piperazine rings is 1. The molecule has 0 spiro atoms. The van der Waals surface area contributed by atoms with Gasteiger partial charge in [-0.1, -0.05) is 13.3 Å². The summed E-state index contributed by atoms with van der Waals surface area (Å²) in [6, 6.07) is 0. The van der Waals surface area contributed by atoms with E-state index in [1.807, 2.05) is 0 Å². The first-order valence-electron chi connectivity index (χ1n) is 6.43. The average molecular weight is 212 g/mol. The third kappa shape index (κ3) is 3.44. The lowest BCUT2D eigenvalue weighted by Crippen LogP contribution is -2.47. The van der Waals surface area contributed by atoms with Gasteiger partial charge in [0.25, 0.3) is 0 Å². The molecule has 1 N–H and O–H groups in total. The quantitative estimate of drug-likeness (QED) is 0.758. The van der Waals surface area contributed by atoms with Gasteiger partial charge >= 0.3 is 0 Å². The number of nitrogens with one attached hydrogen (secondary N) is 1. The van der Waals surface area contributed by atoms with Crippen molar-refractivity contribution in [3.63, 3.8) is 0 Å². The maximum atomic E-state index is 5.92. The molecule has 2 atom stereocenters. The fourth-order valence-electron chi connectivity index (χ4n) is 2.51. The number of nitrogens with zero attached hydrogens (tertiary/aromatic N) is 1. The fraction of sp³-hybridized carbons (Fsp3) is 1.00. The van der Waals surface area contributed by atoms with E-state index in [2.05, 4.69) is 17.1 Å². The summed E-state index contributed by atoms with van der Waals surface area (Å²) >= 11 is 0. The van der Waals surface area contributed by atoms with Crippen molar-refractivity contribution >= 4 is 0 Å². The molecule has 2 heterocycles. The molecule has 88 valence electrons. The summed E-state index contributed by atoms with van der Waals surface area (Å²) in [7, 11) is 0. The number of ether oxygens (including phenoxy) is 1. The highest BCUT2D eigenvalue weighted by molar-refractivity contribution is 4.75. The Bertz CT molecular complexity index is 172. The largest absolute Gasteiger partial charge is 0.377 e. The van der Waals surface area contributed by atoms with Crippen molar-refractivity contribution in [3.05, 3.63) is 0 Å². The Morgan fingerprint density at radius 3 is 2.67 bits per heavy atom. The summed E-state index contributed by atoms with van der Waals surface area (Å²) in [6.45, 7) is 9.08. The van der Waals surface area contributed by atoms with Gasteiger partial charge in [0.05, 0.1) is 6.10 Å². The van der Waals surface area contributed by atoms with Crippen molar-refractivity contribution in [2.45, 2.75) is 32.3 Å². The first-order chi connectivity index (χ1) is 7.38. The maximum Gasteiger partial charge on any atom is 0.0702 e. The van der Waals surface area contributed by atoms with Crippen molar-refractivity contribution in [2.75, 3.05) is 39.3 Å². The Morgan fingerprint density at radius 1 is 1.27 bits per heavy atom. The highest BCUT2D eigenvalue weighted by Crippen LogP contribution is 2.21. The van der Waals surface area contributed by atoms with Crippen molar-refractivity contribution in [2.24, 2.45) is 5.92 Å². The minimum Gasteiger partial charge on any atom is -0.377 e. The van der Waals surface area contributed by atoms with Crippen LogP contribution in [0, 0.1) is 5.92 Å². The van der Waals surface area contributed by atoms with E-state index < -0.39 is 0 Å². The first-order valence-corrected chi connectivity index (χ1v) is 6.43. The number of rotatable bonds is 3. The van der Waals surface area contributed by atoms with E-state index in [0.29, 0.717) is 6.10 Å². The molecule has 15 heavy (non-hydrogen) atoms. The average Bonchev–Trinajstić information content (AvgIpc) is 2.31. The van der Waals surface area contributed by atoms with Crippen LogP contribution in [-0.4, -0.2) is 50.3 Å². The van der Waals surface area contributed by atoms with E-state index in [1.54, 1.807) is 0 Å². The minimum absolute atomic E-state index is 0.505. The van der Waals surface area contributed by atoms with Gasteiger partial charge < -0.3 is 10.1 Å². The smallest absolute Gasteiger partial charge is 0.0702 e. The molecule has 0 radical (unpaired) electrons. The lowest BCUT2D eigenvalue weighted by atomic mass is 9.96. The van der Waals surface area contributed by atoms with Gasteiger partial charge in [0.15, 0.2) is 0 Å². The van der Waals surface area contributed by atoms with Gasteiger partial charge in [0, 0.05) is 39.3 Å². The van der Waals surface area contributed by atoms with Crippen LogP contribution >= 0.6 is 0 Å². The summed E-state index contributed by atoms with van der Waals surface area (Å²) in [6.07, 6.45) is 4.42. The van der Waals surface area contributed by atoms with Crippen LogP contribution in [0.25, 0.3) is 0 Å². The summed E-state index contributed by atoms with van der Waals surface area (Å²) in [5.41, 5.74) is 0. The van der Waals surface area contributed by atoms with Gasteiger partial charge in [-0.05, 0) is 18.8 Å². The summed E-state index contributed by atoms with van der Waals surface area (Å²) < 4.78 is 5.92. The van der Waals surface area contributed by atoms with E-state index in [0.717, 1.165) is 32.2 Å². The predicted octanol–water partition coefficient (Wildman–Crippen LogP) is 1.10. The molecule has 2 aliphatic heterocycles. The Kier molecular flexibility index (Phi) is 4.42. The zero-order valence-corrected chi connectivity index (χ0v) is 9.87. The Labute approximate surface area is 93.2 Å². The molecule has 0 saturated carbocycles. The second-order valence-electron chi connectivity index (χ2n) is 4.86. The van der Waals surface area contributed by atoms with Crippen LogP contribution in [0.2, 0.25) is 0 Å². The van der Waals surface area contributed by atoms with Gasteiger partial charge in [-0.15, -0.1) is 0 Å². The van der Waals surface area contributed by atoms with Gasteiger partial charge in [0.1, 0.15) is 0 Å². The van der Waals surface area contributed by atoms with E-state index >= 15 is 0 Å². The lowest BCUT2D eigenvalue weighted by molar-refractivity contribution is -0.0344. The minimum atomic E-state index is 0.505. The Hall–Kier alpha value is -0.120. The van der Waals surface area contributed by atoms with E-state index in [4.69, 9.17) is 4.74 Å². The van der Waals surface area contributed by atoms with Crippen molar-refractivity contribution in [3.8, 4) is 0 Å². The predicted molar refractivity (Wildman–Crippen MR) is 62.1 cm³/mol. The van der Waals surface area contributed by atoms with Crippen LogP contribution in [0.1, 0.15) is 26.2 Å². The third-order valence-electron chi connectivity index (χ3n) is 3.71. The SMILES string of the molecule is CC[C@@H]1CC[C@@H](CN2CCNCC2)OC1. The van der Waals surface area contributed by atoms with Gasteiger partial charge in [-0.2, -0.15) is 0 Å². The fourth-order valence-corrected chi connectivity index (χ4v) is 2.51. The zero-order chi connectivity index (χ0) is 10.5. The van der Waals surface area contributed by atoms with Crippen molar-refractivity contribution < 1.29 is 4.74 Å². The Balaban J connectivity index is 1.67. The lowest BCUT2D eigenvalue weighted by Gasteiger charge is -2.34. The normalized spacial score (nSPS) is 34.2. The summed E-state index contributed by atoms with van der Waals surface area (Å²) in [5, 5.41) is 3.39. The molecule has 2 fully saturated rings. The van der Waals surface area contributed by atoms with E-state index in [1.165, 1.54) is 32.4 Å². The maximum absolute atomic E-state index is 5.92. The molecule has 0 aromatic rings. The second kappa shape index (κ2) is 5.83. The Morgan fingerprint density at radius 2 is 2.07 bits per heavy atom. The molecule has 2 saturated heterocycles. The molecule has 3 nitrogen and oxygen atoms in total. The van der Waals surface area contributed by atoms with Gasteiger partial charge in [-0.3, -0.25) is 4.90 Å². The highest BCUT2D eigenvalue weighted by atomic mass is 16.5. The van der Waals surface area contributed by atoms with E-state index in [-0.39, 0.29) is 0 Å². The monoisotopic (exact) mass is 212 g/mol. The molecular formula is C12H24N2O. The molecule has 0 bridgehead atoms. The second-order valence-corrected chi connectivity index (χ2v) is 4.86. The zero-order valence-electron chi connectivity index (χ0n) is 9.87. The van der Waals surface area contributed by atoms with Crippen LogP contribution < -0.4 is 5.32 Å². The van der Waals surface area contributed by atoms with Crippen LogP contribution in [-0.2, 0) is 4.74 Å². The molecule has 0 aromatic heterocycles. The first kappa shape index (κ1) is 11.4. The molecule has 0 amide bonds. The van der Waals surface area contributed by atoms with Crippen LogP contribution in [0.15, 0.2) is 0 Å². The van der Waals surface area contributed by atoms with Crippen LogP contribution in [0.4, 0.5) is 0 Å². The topological polar surface area (TPSA) is 24.5 Å².